The van der Waals surface area contributed by atoms with Crippen molar-refractivity contribution in [2.75, 3.05) is 44.4 Å². The molecule has 4 aliphatic heterocycles. The Labute approximate surface area is 187 Å². The molecule has 10 nitrogen and oxygen atoms in total. The minimum absolute atomic E-state index is 0.138. The third-order valence-corrected chi connectivity index (χ3v) is 6.89. The first-order chi connectivity index (χ1) is 15.9. The van der Waals surface area contributed by atoms with Gasteiger partial charge in [-0.3, -0.25) is 0 Å². The van der Waals surface area contributed by atoms with Gasteiger partial charge >= 0.3 is 12.0 Å². The summed E-state index contributed by atoms with van der Waals surface area (Å²) >= 11 is 0. The van der Waals surface area contributed by atoms with E-state index in [1.54, 1.807) is 0 Å². The molecule has 180 valence electrons. The highest BCUT2D eigenvalue weighted by atomic mass is 19.3. The average molecular weight is 472 g/mol. The fourth-order valence-electron chi connectivity index (χ4n) is 5.47. The zero-order valence-electron chi connectivity index (χ0n) is 17.9. The summed E-state index contributed by atoms with van der Waals surface area (Å²) < 4.78 is 48.1. The van der Waals surface area contributed by atoms with E-state index in [1.165, 1.54) is 4.90 Å². The Bertz CT molecular complexity index is 912. The molecule has 2 amide bonds. The van der Waals surface area contributed by atoms with Crippen LogP contribution >= 0.6 is 0 Å². The number of hydrogen-bond donors (Lipinski definition) is 0. The van der Waals surface area contributed by atoms with Crippen LogP contribution in [0.2, 0.25) is 0 Å². The van der Waals surface area contributed by atoms with Gasteiger partial charge in [-0.25, -0.2) is 37.6 Å². The summed E-state index contributed by atoms with van der Waals surface area (Å²) in [6.45, 7) is 0.512. The lowest BCUT2D eigenvalue weighted by molar-refractivity contribution is -0.986. The number of amides is 2. The lowest BCUT2D eigenvalue weighted by Crippen LogP contribution is -2.53. The summed E-state index contributed by atoms with van der Waals surface area (Å²) in [4.78, 5) is 43.4. The van der Waals surface area contributed by atoms with Crippen molar-refractivity contribution in [1.29, 1.82) is 0 Å². The van der Waals surface area contributed by atoms with Crippen molar-refractivity contribution in [3.8, 4) is 0 Å². The van der Waals surface area contributed by atoms with Crippen molar-refractivity contribution in [3.05, 3.63) is 18.2 Å². The Balaban J connectivity index is 1.30. The van der Waals surface area contributed by atoms with Crippen LogP contribution in [0, 0.1) is 5.82 Å². The molecule has 1 aromatic heterocycles. The Morgan fingerprint density at radius 2 is 2.00 bits per heavy atom. The van der Waals surface area contributed by atoms with Crippen molar-refractivity contribution < 1.29 is 41.7 Å². The third-order valence-electron chi connectivity index (χ3n) is 6.89. The number of carbonyl (C=O) groups is 2. The zero-order valence-corrected chi connectivity index (χ0v) is 17.9. The van der Waals surface area contributed by atoms with Gasteiger partial charge in [0.1, 0.15) is 12.7 Å². The van der Waals surface area contributed by atoms with E-state index >= 15 is 0 Å². The molecule has 13 heteroatoms. The summed E-state index contributed by atoms with van der Waals surface area (Å²) in [5.74, 6) is -0.372. The lowest BCUT2D eigenvalue weighted by atomic mass is 9.97. The van der Waals surface area contributed by atoms with Crippen molar-refractivity contribution in [1.82, 2.24) is 14.9 Å². The standard InChI is InChI=1S/C20H25F3N5O5/c21-13-8-24-18(25-9-13)26-6-2-14(3-7-26)33-28-16(29)11-31-12-20(28)4-1-5-27(17(20)28)19(30)32-10-15(22)23/h8-9,14-15,17H,1-7,10-12H2/q+1. The van der Waals surface area contributed by atoms with Crippen LogP contribution in [-0.2, 0) is 19.1 Å². The predicted molar refractivity (Wildman–Crippen MR) is 104 cm³/mol. The van der Waals surface area contributed by atoms with Gasteiger partial charge < -0.3 is 14.4 Å². The summed E-state index contributed by atoms with van der Waals surface area (Å²) in [7, 11) is 0. The molecule has 5 rings (SSSR count). The van der Waals surface area contributed by atoms with Crippen molar-refractivity contribution in [2.24, 2.45) is 0 Å². The molecule has 0 saturated carbocycles. The van der Waals surface area contributed by atoms with E-state index < -0.39 is 36.6 Å². The number of hydrogen-bond acceptors (Lipinski definition) is 8. The monoisotopic (exact) mass is 472 g/mol. The Morgan fingerprint density at radius 3 is 2.70 bits per heavy atom. The molecule has 4 aliphatic rings. The molecular weight excluding hydrogens is 447 g/mol. The van der Waals surface area contributed by atoms with Gasteiger partial charge in [-0.05, 0) is 19.3 Å². The second kappa shape index (κ2) is 8.37. The highest BCUT2D eigenvalue weighted by molar-refractivity contribution is 5.76. The fraction of sp³-hybridized carbons (Fsp3) is 0.700. The Kier molecular flexibility index (Phi) is 5.65. The van der Waals surface area contributed by atoms with Gasteiger partial charge in [0, 0.05) is 26.1 Å². The summed E-state index contributed by atoms with van der Waals surface area (Å²) in [5.41, 5.74) is -0.741. The molecule has 5 heterocycles. The van der Waals surface area contributed by atoms with Gasteiger partial charge in [0.2, 0.25) is 11.5 Å². The Hall–Kier alpha value is -2.51. The molecule has 0 N–H and O–H groups in total. The number of rotatable bonds is 5. The van der Waals surface area contributed by atoms with Crippen molar-refractivity contribution >= 4 is 17.9 Å². The molecule has 33 heavy (non-hydrogen) atoms. The molecule has 3 unspecified atom stereocenters. The van der Waals surface area contributed by atoms with E-state index in [2.05, 4.69) is 9.97 Å². The molecule has 1 aromatic rings. The highest BCUT2D eigenvalue weighted by Gasteiger charge is 2.91. The number of halogens is 3. The lowest BCUT2D eigenvalue weighted by Gasteiger charge is -2.34. The zero-order chi connectivity index (χ0) is 23.2. The van der Waals surface area contributed by atoms with Crippen LogP contribution in [-0.4, -0.2) is 95.2 Å². The van der Waals surface area contributed by atoms with E-state index in [-0.39, 0.29) is 29.9 Å². The number of fused-ring (bicyclic) bond motifs is 1. The van der Waals surface area contributed by atoms with Gasteiger partial charge in [0.05, 0.1) is 12.4 Å². The van der Waals surface area contributed by atoms with E-state index in [4.69, 9.17) is 14.3 Å². The molecular formula is C20H25F3N5O5+. The number of hydroxylamine groups is 3. The van der Waals surface area contributed by atoms with Gasteiger partial charge in [0.15, 0.2) is 19.0 Å². The van der Waals surface area contributed by atoms with Gasteiger partial charge in [-0.1, -0.05) is 4.65 Å². The molecule has 1 spiro atoms. The molecule has 4 fully saturated rings. The molecule has 4 saturated heterocycles. The third kappa shape index (κ3) is 3.62. The van der Waals surface area contributed by atoms with Crippen LogP contribution in [0.25, 0.3) is 0 Å². The number of quaternary nitrogens is 1. The number of alkyl halides is 2. The summed E-state index contributed by atoms with van der Waals surface area (Å²) in [5, 5.41) is 0. The SMILES string of the molecule is O=C(OCC(F)F)N1CCCC23COCC(=O)[N+]2(OC2CCN(c4ncc(F)cn4)CC2)C13. The van der Waals surface area contributed by atoms with E-state index in [0.717, 1.165) is 12.4 Å². The van der Waals surface area contributed by atoms with E-state index in [0.29, 0.717) is 51.3 Å². The molecule has 0 radical (unpaired) electrons. The predicted octanol–water partition coefficient (Wildman–Crippen LogP) is 1.47. The number of likely N-dealkylation sites (tertiary alicyclic amines) is 1. The first kappa shape index (κ1) is 22.3. The second-order valence-corrected chi connectivity index (χ2v) is 8.78. The van der Waals surface area contributed by atoms with Crippen LogP contribution in [0.4, 0.5) is 23.9 Å². The van der Waals surface area contributed by atoms with E-state index in [1.807, 2.05) is 4.90 Å². The molecule has 0 aliphatic carbocycles. The first-order valence-corrected chi connectivity index (χ1v) is 11.0. The van der Waals surface area contributed by atoms with Crippen LogP contribution < -0.4 is 4.90 Å². The summed E-state index contributed by atoms with van der Waals surface area (Å²) in [6, 6.07) is 0. The minimum Gasteiger partial charge on any atom is -0.443 e. The largest absolute Gasteiger partial charge is 0.443 e. The normalized spacial score (nSPS) is 31.9. The smallest absolute Gasteiger partial charge is 0.414 e. The maximum atomic E-state index is 13.1. The number of morpholine rings is 1. The van der Waals surface area contributed by atoms with Crippen molar-refractivity contribution in [2.45, 2.75) is 49.9 Å². The van der Waals surface area contributed by atoms with Crippen LogP contribution in [0.5, 0.6) is 0 Å². The maximum Gasteiger partial charge on any atom is 0.414 e. The molecule has 3 atom stereocenters. The molecule has 0 bridgehead atoms. The number of nitrogens with zero attached hydrogens (tertiary/aromatic N) is 5. The van der Waals surface area contributed by atoms with Crippen LogP contribution in [0.1, 0.15) is 25.7 Å². The summed E-state index contributed by atoms with van der Waals surface area (Å²) in [6.07, 6.45) is 0.0189. The highest BCUT2D eigenvalue weighted by Crippen LogP contribution is 2.60. The van der Waals surface area contributed by atoms with Crippen LogP contribution in [0.15, 0.2) is 12.4 Å². The number of aromatic nitrogens is 2. The Morgan fingerprint density at radius 1 is 1.27 bits per heavy atom. The quantitative estimate of drug-likeness (QED) is 0.470. The fourth-order valence-corrected chi connectivity index (χ4v) is 5.47. The van der Waals surface area contributed by atoms with Gasteiger partial charge in [0.25, 0.3) is 12.6 Å². The topological polar surface area (TPSA) is 94.1 Å². The number of anilines is 1. The van der Waals surface area contributed by atoms with Crippen molar-refractivity contribution in [3.63, 3.8) is 0 Å². The van der Waals surface area contributed by atoms with Crippen LogP contribution in [0.3, 0.4) is 0 Å². The number of ether oxygens (including phenoxy) is 2. The van der Waals surface area contributed by atoms with E-state index in [9.17, 15) is 22.8 Å². The van der Waals surface area contributed by atoms with Gasteiger partial charge in [-0.15, -0.1) is 0 Å². The minimum atomic E-state index is -2.77. The number of carbonyl (C=O) groups excluding carboxylic acids is 2. The molecule has 0 aromatic carbocycles. The van der Waals surface area contributed by atoms with Gasteiger partial charge in [-0.2, -0.15) is 4.84 Å². The maximum absolute atomic E-state index is 13.1. The number of piperidine rings is 2. The average Bonchev–Trinajstić information content (AvgIpc) is 3.43. The first-order valence-electron chi connectivity index (χ1n) is 11.0. The second-order valence-electron chi connectivity index (χ2n) is 8.78.